The topological polar surface area (TPSA) is 111 Å². The molecule has 1 N–H and O–H groups in total. The van der Waals surface area contributed by atoms with E-state index in [0.717, 1.165) is 47.9 Å². The van der Waals surface area contributed by atoms with E-state index in [1.807, 2.05) is 36.4 Å². The van der Waals surface area contributed by atoms with E-state index in [1.165, 1.54) is 0 Å². The third-order valence-electron chi connectivity index (χ3n) is 9.45. The second-order valence-corrected chi connectivity index (χ2v) is 12.8. The maximum Gasteiger partial charge on any atom is 0.584 e. The lowest BCUT2D eigenvalue weighted by atomic mass is 9.74. The number of ether oxygens (including phenoxy) is 6. The lowest BCUT2D eigenvalue weighted by molar-refractivity contribution is 0.281. The summed E-state index contributed by atoms with van der Waals surface area (Å²) >= 11 is 0. The summed E-state index contributed by atoms with van der Waals surface area (Å²) < 4.78 is 59.9. The van der Waals surface area contributed by atoms with Crippen molar-refractivity contribution in [1.82, 2.24) is 0 Å². The van der Waals surface area contributed by atoms with Crippen LogP contribution in [-0.4, -0.2) is 47.6 Å². The molecule has 3 aliphatic rings. The third kappa shape index (κ3) is 4.38. The SMILES string of the molecule is COc1cc(-c2ccc3c4c2OP(=O)(O)Oc2c(-c5cc(OC)c(OC)c(OC)c5)ccc5c2C4(CC3)CC5)cc(OC)c1OC. The Hall–Kier alpha value is -4.53. The standard InChI is InChI=1S/C35H35O10P/c1-38-25-15-21(16-26(39-2)33(25)42-5)23-9-7-19-11-13-35-14-12-20-8-10-24(22-17-27(40-3)34(43-6)28(18-22)41-4)32(30(20)35)45-46(36,37)44-31(23)29(19)35/h7-10,15-18H,11-14H2,1-6H3,(H,36,37). The summed E-state index contributed by atoms with van der Waals surface area (Å²) in [4.78, 5) is 11.4. The highest BCUT2D eigenvalue weighted by Crippen LogP contribution is 2.65. The zero-order valence-electron chi connectivity index (χ0n) is 26.5. The molecule has 0 amide bonds. The second-order valence-electron chi connectivity index (χ2n) is 11.5. The van der Waals surface area contributed by atoms with Crippen molar-refractivity contribution in [2.24, 2.45) is 0 Å². The zero-order valence-corrected chi connectivity index (χ0v) is 27.4. The molecule has 10 nitrogen and oxygen atoms in total. The molecule has 0 saturated heterocycles. The van der Waals surface area contributed by atoms with Gasteiger partial charge < -0.3 is 37.5 Å². The summed E-state index contributed by atoms with van der Waals surface area (Å²) in [6, 6.07) is 15.2. The van der Waals surface area contributed by atoms with Crippen molar-refractivity contribution >= 4 is 7.82 Å². The van der Waals surface area contributed by atoms with Crippen molar-refractivity contribution in [2.75, 3.05) is 42.7 Å². The molecule has 240 valence electrons. The van der Waals surface area contributed by atoms with Gasteiger partial charge in [-0.3, -0.25) is 4.89 Å². The highest BCUT2D eigenvalue weighted by molar-refractivity contribution is 7.48. The molecule has 0 fully saturated rings. The molecular formula is C35H35O10P. The summed E-state index contributed by atoms with van der Waals surface area (Å²) in [5.41, 5.74) is 6.08. The largest absolute Gasteiger partial charge is 0.584 e. The Kier molecular flexibility index (Phi) is 7.25. The molecule has 0 saturated carbocycles. The van der Waals surface area contributed by atoms with Crippen LogP contribution >= 0.6 is 7.82 Å². The van der Waals surface area contributed by atoms with Gasteiger partial charge >= 0.3 is 7.82 Å². The maximum atomic E-state index is 14.0. The lowest BCUT2D eigenvalue weighted by Gasteiger charge is -2.34. The predicted molar refractivity (Wildman–Crippen MR) is 172 cm³/mol. The van der Waals surface area contributed by atoms with Gasteiger partial charge in [-0.15, -0.1) is 0 Å². The number of aryl methyl sites for hydroxylation is 2. The van der Waals surface area contributed by atoms with Crippen LogP contribution in [0.15, 0.2) is 48.5 Å². The van der Waals surface area contributed by atoms with Crippen molar-refractivity contribution in [3.05, 3.63) is 70.8 Å². The normalized spacial score (nSPS) is 16.2. The molecule has 4 aromatic rings. The van der Waals surface area contributed by atoms with Gasteiger partial charge in [0.2, 0.25) is 11.5 Å². The summed E-state index contributed by atoms with van der Waals surface area (Å²) in [5.74, 6) is 3.36. The quantitative estimate of drug-likeness (QED) is 0.199. The highest BCUT2D eigenvalue weighted by atomic mass is 31.2. The van der Waals surface area contributed by atoms with E-state index < -0.39 is 13.2 Å². The minimum Gasteiger partial charge on any atom is -0.493 e. The van der Waals surface area contributed by atoms with Gasteiger partial charge in [0.05, 0.1) is 42.7 Å². The van der Waals surface area contributed by atoms with E-state index in [2.05, 4.69) is 12.1 Å². The van der Waals surface area contributed by atoms with E-state index in [0.29, 0.717) is 68.2 Å². The summed E-state index contributed by atoms with van der Waals surface area (Å²) in [5, 5.41) is 0. The van der Waals surface area contributed by atoms with Crippen molar-refractivity contribution in [3.63, 3.8) is 0 Å². The lowest BCUT2D eigenvalue weighted by Crippen LogP contribution is -2.25. The van der Waals surface area contributed by atoms with Gasteiger partial charge in [-0.1, -0.05) is 24.3 Å². The minimum atomic E-state index is -4.74. The molecule has 1 spiro atoms. The van der Waals surface area contributed by atoms with Crippen LogP contribution in [0.25, 0.3) is 22.3 Å². The highest BCUT2D eigenvalue weighted by Gasteiger charge is 2.52. The Labute approximate surface area is 267 Å². The van der Waals surface area contributed by atoms with Gasteiger partial charge in [-0.25, -0.2) is 4.57 Å². The van der Waals surface area contributed by atoms with Crippen molar-refractivity contribution < 1.29 is 46.9 Å². The van der Waals surface area contributed by atoms with Crippen LogP contribution in [0.2, 0.25) is 0 Å². The first-order valence-electron chi connectivity index (χ1n) is 14.9. The van der Waals surface area contributed by atoms with Gasteiger partial charge in [0.15, 0.2) is 23.0 Å². The van der Waals surface area contributed by atoms with Gasteiger partial charge in [0, 0.05) is 27.7 Å². The van der Waals surface area contributed by atoms with E-state index in [-0.39, 0.29) is 0 Å². The average Bonchev–Trinajstić information content (AvgIpc) is 3.63. The summed E-state index contributed by atoms with van der Waals surface area (Å²) in [6.07, 6.45) is 3.17. The first-order valence-corrected chi connectivity index (χ1v) is 16.4. The Morgan fingerprint density at radius 2 is 0.978 bits per heavy atom. The Bertz CT molecular complexity index is 1750. The number of hydrogen-bond acceptors (Lipinski definition) is 9. The smallest absolute Gasteiger partial charge is 0.493 e. The molecule has 7 rings (SSSR count). The Balaban J connectivity index is 1.50. The fraction of sp³-hybridized carbons (Fsp3) is 0.314. The van der Waals surface area contributed by atoms with Crippen LogP contribution in [0.3, 0.4) is 0 Å². The molecule has 46 heavy (non-hydrogen) atoms. The molecule has 0 aromatic heterocycles. The molecule has 0 unspecified atom stereocenters. The number of hydrogen-bond donors (Lipinski definition) is 1. The van der Waals surface area contributed by atoms with E-state index >= 15 is 0 Å². The molecular weight excluding hydrogens is 611 g/mol. The fourth-order valence-electron chi connectivity index (χ4n) is 7.53. The molecule has 1 heterocycles. The number of phosphoric ester groups is 1. The van der Waals surface area contributed by atoms with Crippen molar-refractivity contribution in [1.29, 1.82) is 0 Å². The van der Waals surface area contributed by atoms with Crippen molar-refractivity contribution in [3.8, 4) is 68.2 Å². The van der Waals surface area contributed by atoms with E-state index in [9.17, 15) is 9.46 Å². The fourth-order valence-corrected chi connectivity index (χ4v) is 8.40. The summed E-state index contributed by atoms with van der Waals surface area (Å²) in [6.45, 7) is 0. The monoisotopic (exact) mass is 646 g/mol. The van der Waals surface area contributed by atoms with Gasteiger partial charge in [-0.05, 0) is 72.2 Å². The van der Waals surface area contributed by atoms with Gasteiger partial charge in [-0.2, -0.15) is 0 Å². The van der Waals surface area contributed by atoms with Crippen LogP contribution in [0.1, 0.15) is 35.1 Å². The van der Waals surface area contributed by atoms with Gasteiger partial charge in [0.25, 0.3) is 0 Å². The first-order chi connectivity index (χ1) is 22.2. The second kappa shape index (κ2) is 11.1. The summed E-state index contributed by atoms with van der Waals surface area (Å²) in [7, 11) is 4.54. The maximum absolute atomic E-state index is 14.0. The zero-order chi connectivity index (χ0) is 32.4. The predicted octanol–water partition coefficient (Wildman–Crippen LogP) is 7.12. The Morgan fingerprint density at radius 3 is 1.30 bits per heavy atom. The molecule has 0 atom stereocenters. The Morgan fingerprint density at radius 1 is 0.609 bits per heavy atom. The number of methoxy groups -OCH3 is 6. The molecule has 2 aliphatic carbocycles. The average molecular weight is 647 g/mol. The first kappa shape index (κ1) is 30.1. The van der Waals surface area contributed by atoms with Crippen molar-refractivity contribution in [2.45, 2.75) is 31.1 Å². The van der Waals surface area contributed by atoms with Crippen LogP contribution in [0.5, 0.6) is 46.0 Å². The van der Waals surface area contributed by atoms with Crippen LogP contribution < -0.4 is 37.5 Å². The number of benzene rings is 4. The molecule has 4 aromatic carbocycles. The van der Waals surface area contributed by atoms with Crippen LogP contribution in [0.4, 0.5) is 0 Å². The molecule has 0 bridgehead atoms. The molecule has 0 radical (unpaired) electrons. The van der Waals surface area contributed by atoms with Gasteiger partial charge in [0.1, 0.15) is 11.5 Å². The van der Waals surface area contributed by atoms with Crippen LogP contribution in [0, 0.1) is 0 Å². The minimum absolute atomic E-state index is 0.326. The third-order valence-corrected chi connectivity index (χ3v) is 10.3. The van der Waals surface area contributed by atoms with Crippen LogP contribution in [-0.2, 0) is 22.8 Å². The number of phosphoric acid groups is 1. The van der Waals surface area contributed by atoms with E-state index in [4.69, 9.17) is 37.5 Å². The number of rotatable bonds is 8. The van der Waals surface area contributed by atoms with E-state index in [1.54, 1.807) is 42.7 Å². The molecule has 1 aliphatic heterocycles. The molecule has 11 heteroatoms.